The minimum Gasteiger partial charge on any atom is -0.487 e. The highest BCUT2D eigenvalue weighted by molar-refractivity contribution is 6.00. The van der Waals surface area contributed by atoms with Crippen LogP contribution in [-0.4, -0.2) is 47.1 Å². The molecule has 1 aromatic heterocycles. The van der Waals surface area contributed by atoms with Crippen molar-refractivity contribution in [1.29, 1.82) is 0 Å². The van der Waals surface area contributed by atoms with Crippen LogP contribution in [0, 0.1) is 0 Å². The molecule has 1 amide bonds. The molecule has 0 bridgehead atoms. The van der Waals surface area contributed by atoms with Crippen LogP contribution in [-0.2, 0) is 0 Å². The number of nitrogens with zero attached hydrogens (tertiary/aromatic N) is 2. The monoisotopic (exact) mass is 250 g/mol. The summed E-state index contributed by atoms with van der Waals surface area (Å²) in [5.74, 6) is -1.42. The zero-order valence-electron chi connectivity index (χ0n) is 10.2. The molecule has 0 aliphatic heterocycles. The van der Waals surface area contributed by atoms with Crippen LogP contribution in [0.4, 0.5) is 0 Å². The molecule has 0 radical (unpaired) electrons. The number of carboxylic acids is 1. The number of aromatic carboxylic acids is 1. The number of ether oxygens (including phenoxy) is 1. The Hall–Kier alpha value is -2.11. The van der Waals surface area contributed by atoms with Crippen molar-refractivity contribution in [2.75, 3.05) is 14.1 Å². The molecule has 18 heavy (non-hydrogen) atoms. The van der Waals surface area contributed by atoms with E-state index in [-0.39, 0.29) is 29.0 Å². The van der Waals surface area contributed by atoms with Gasteiger partial charge >= 0.3 is 5.97 Å². The van der Waals surface area contributed by atoms with Gasteiger partial charge in [0.1, 0.15) is 0 Å². The van der Waals surface area contributed by atoms with Gasteiger partial charge in [-0.05, 0) is 18.9 Å². The van der Waals surface area contributed by atoms with E-state index in [0.29, 0.717) is 0 Å². The van der Waals surface area contributed by atoms with Gasteiger partial charge in [0, 0.05) is 20.3 Å². The molecule has 1 N–H and O–H groups in total. The fourth-order valence-electron chi connectivity index (χ4n) is 1.48. The lowest BCUT2D eigenvalue weighted by Gasteiger charge is -2.15. The molecule has 1 saturated carbocycles. The normalized spacial score (nSPS) is 14.1. The van der Waals surface area contributed by atoms with Crippen molar-refractivity contribution < 1.29 is 19.4 Å². The van der Waals surface area contributed by atoms with E-state index in [4.69, 9.17) is 9.84 Å². The van der Waals surface area contributed by atoms with Gasteiger partial charge in [0.15, 0.2) is 11.4 Å². The van der Waals surface area contributed by atoms with Gasteiger partial charge in [0.2, 0.25) is 0 Å². The highest BCUT2D eigenvalue weighted by Gasteiger charge is 2.30. The van der Waals surface area contributed by atoms with Crippen molar-refractivity contribution in [3.8, 4) is 5.75 Å². The molecule has 0 unspecified atom stereocenters. The highest BCUT2D eigenvalue weighted by Crippen LogP contribution is 2.31. The highest BCUT2D eigenvalue weighted by atomic mass is 16.5. The van der Waals surface area contributed by atoms with Crippen LogP contribution in [0.5, 0.6) is 5.75 Å². The maximum Gasteiger partial charge on any atom is 0.358 e. The molecular weight excluding hydrogens is 236 g/mol. The van der Waals surface area contributed by atoms with Crippen LogP contribution >= 0.6 is 0 Å². The van der Waals surface area contributed by atoms with Crippen LogP contribution < -0.4 is 4.74 Å². The average Bonchev–Trinajstić information content (AvgIpc) is 3.11. The molecule has 0 atom stereocenters. The predicted octanol–water partition coefficient (Wildman–Crippen LogP) is 1.02. The SMILES string of the molecule is CN(C)C(=O)c1ccnc(C(=O)O)c1OC1CC1. The Bertz CT molecular complexity index is 495. The molecule has 1 aromatic rings. The number of carboxylic acid groups (broad SMARTS) is 1. The third kappa shape index (κ3) is 2.42. The predicted molar refractivity (Wildman–Crippen MR) is 62.9 cm³/mol. The van der Waals surface area contributed by atoms with Gasteiger partial charge in [0.05, 0.1) is 11.7 Å². The summed E-state index contributed by atoms with van der Waals surface area (Å²) in [4.78, 5) is 28.2. The lowest BCUT2D eigenvalue weighted by atomic mass is 10.1. The van der Waals surface area contributed by atoms with Crippen molar-refractivity contribution in [2.24, 2.45) is 0 Å². The van der Waals surface area contributed by atoms with E-state index >= 15 is 0 Å². The number of aromatic nitrogens is 1. The van der Waals surface area contributed by atoms with Gasteiger partial charge in [0.25, 0.3) is 5.91 Å². The summed E-state index contributed by atoms with van der Waals surface area (Å²) in [7, 11) is 3.20. The Kier molecular flexibility index (Phi) is 3.18. The first kappa shape index (κ1) is 12.3. The number of amides is 1. The van der Waals surface area contributed by atoms with E-state index in [2.05, 4.69) is 4.98 Å². The number of rotatable bonds is 4. The third-order valence-electron chi connectivity index (χ3n) is 2.55. The van der Waals surface area contributed by atoms with E-state index in [9.17, 15) is 9.59 Å². The number of pyridine rings is 1. The van der Waals surface area contributed by atoms with Crippen molar-refractivity contribution in [1.82, 2.24) is 9.88 Å². The number of hydrogen-bond donors (Lipinski definition) is 1. The Morgan fingerprint density at radius 2 is 2.11 bits per heavy atom. The second-order valence-electron chi connectivity index (χ2n) is 4.36. The first-order valence-electron chi connectivity index (χ1n) is 5.61. The van der Waals surface area contributed by atoms with Gasteiger partial charge in [-0.1, -0.05) is 0 Å². The Morgan fingerprint density at radius 1 is 1.44 bits per heavy atom. The Morgan fingerprint density at radius 3 is 2.61 bits per heavy atom. The van der Waals surface area contributed by atoms with E-state index in [0.717, 1.165) is 12.8 Å². The summed E-state index contributed by atoms with van der Waals surface area (Å²) in [6, 6.07) is 1.48. The summed E-state index contributed by atoms with van der Waals surface area (Å²) in [5, 5.41) is 9.08. The molecule has 1 aliphatic rings. The van der Waals surface area contributed by atoms with E-state index in [1.54, 1.807) is 14.1 Å². The zero-order chi connectivity index (χ0) is 13.3. The maximum atomic E-state index is 12.0. The van der Waals surface area contributed by atoms with Crippen LogP contribution in [0.2, 0.25) is 0 Å². The molecule has 2 rings (SSSR count). The number of carbonyl (C=O) groups is 2. The van der Waals surface area contributed by atoms with Crippen molar-refractivity contribution in [3.63, 3.8) is 0 Å². The van der Waals surface area contributed by atoms with E-state index < -0.39 is 5.97 Å². The average molecular weight is 250 g/mol. The quantitative estimate of drug-likeness (QED) is 0.863. The van der Waals surface area contributed by atoms with Crippen molar-refractivity contribution in [3.05, 3.63) is 23.5 Å². The molecule has 1 heterocycles. The molecule has 0 aromatic carbocycles. The first-order valence-corrected chi connectivity index (χ1v) is 5.61. The minimum atomic E-state index is -1.20. The molecular formula is C12H14N2O4. The van der Waals surface area contributed by atoms with Gasteiger partial charge < -0.3 is 14.7 Å². The van der Waals surface area contributed by atoms with Gasteiger partial charge in [-0.15, -0.1) is 0 Å². The smallest absolute Gasteiger partial charge is 0.358 e. The topological polar surface area (TPSA) is 79.7 Å². The molecule has 6 nitrogen and oxygen atoms in total. The van der Waals surface area contributed by atoms with Gasteiger partial charge in [-0.3, -0.25) is 4.79 Å². The number of carbonyl (C=O) groups excluding carboxylic acids is 1. The summed E-state index contributed by atoms with van der Waals surface area (Å²) in [5.41, 5.74) is 0.0221. The van der Waals surface area contributed by atoms with Crippen molar-refractivity contribution in [2.45, 2.75) is 18.9 Å². The largest absolute Gasteiger partial charge is 0.487 e. The fraction of sp³-hybridized carbons (Fsp3) is 0.417. The first-order chi connectivity index (χ1) is 8.50. The molecule has 0 spiro atoms. The Balaban J connectivity index is 2.46. The molecule has 1 fully saturated rings. The van der Waals surface area contributed by atoms with E-state index in [1.165, 1.54) is 17.2 Å². The zero-order valence-corrected chi connectivity index (χ0v) is 10.2. The van der Waals surface area contributed by atoms with Crippen LogP contribution in [0.1, 0.15) is 33.7 Å². The van der Waals surface area contributed by atoms with Crippen LogP contribution in [0.3, 0.4) is 0 Å². The minimum absolute atomic E-state index is 0.000937. The fourth-order valence-corrected chi connectivity index (χ4v) is 1.48. The number of hydrogen-bond acceptors (Lipinski definition) is 4. The lowest BCUT2D eigenvalue weighted by molar-refractivity contribution is 0.0684. The molecule has 6 heteroatoms. The standard InChI is InChI=1S/C12H14N2O4/c1-14(2)11(15)8-5-6-13-9(12(16)17)10(8)18-7-3-4-7/h5-7H,3-4H2,1-2H3,(H,16,17). The lowest BCUT2D eigenvalue weighted by Crippen LogP contribution is -2.23. The summed E-state index contributed by atoms with van der Waals surface area (Å²) in [6.45, 7) is 0. The summed E-state index contributed by atoms with van der Waals surface area (Å²) in [6.07, 6.45) is 3.06. The van der Waals surface area contributed by atoms with Crippen LogP contribution in [0.25, 0.3) is 0 Å². The maximum absolute atomic E-state index is 12.0. The summed E-state index contributed by atoms with van der Waals surface area (Å²) < 4.78 is 5.53. The second kappa shape index (κ2) is 4.64. The second-order valence-corrected chi connectivity index (χ2v) is 4.36. The van der Waals surface area contributed by atoms with Gasteiger partial charge in [-0.25, -0.2) is 9.78 Å². The van der Waals surface area contributed by atoms with Crippen molar-refractivity contribution >= 4 is 11.9 Å². The third-order valence-corrected chi connectivity index (χ3v) is 2.55. The Labute approximate surface area is 104 Å². The molecule has 0 saturated heterocycles. The van der Waals surface area contributed by atoms with E-state index in [1.807, 2.05) is 0 Å². The molecule has 96 valence electrons. The van der Waals surface area contributed by atoms with Crippen LogP contribution in [0.15, 0.2) is 12.3 Å². The molecule has 1 aliphatic carbocycles. The van der Waals surface area contributed by atoms with Gasteiger partial charge in [-0.2, -0.15) is 0 Å². The summed E-state index contributed by atoms with van der Waals surface area (Å²) >= 11 is 0.